The number of hydrogen-bond acceptors (Lipinski definition) is 3. The molecule has 0 saturated carbocycles. The third-order valence-corrected chi connectivity index (χ3v) is 3.60. The van der Waals surface area contributed by atoms with Crippen LogP contribution in [0.5, 0.6) is 0 Å². The highest BCUT2D eigenvalue weighted by Crippen LogP contribution is 2.18. The van der Waals surface area contributed by atoms with Gasteiger partial charge in [0, 0.05) is 0 Å². The highest BCUT2D eigenvalue weighted by atomic mass is 32.1. The van der Waals surface area contributed by atoms with Gasteiger partial charge < -0.3 is 10.4 Å². The zero-order valence-electron chi connectivity index (χ0n) is 10.7. The molecule has 0 aromatic carbocycles. The number of amides is 1. The van der Waals surface area contributed by atoms with Crippen molar-refractivity contribution in [3.8, 4) is 0 Å². The van der Waals surface area contributed by atoms with Gasteiger partial charge in [0.1, 0.15) is 6.04 Å². The number of hydrogen-bond donors (Lipinski definition) is 2. The Morgan fingerprint density at radius 3 is 2.72 bits per heavy atom. The van der Waals surface area contributed by atoms with Crippen molar-refractivity contribution in [1.82, 2.24) is 5.32 Å². The van der Waals surface area contributed by atoms with Crippen molar-refractivity contribution in [1.29, 1.82) is 0 Å². The summed E-state index contributed by atoms with van der Waals surface area (Å²) in [6.45, 7) is 3.78. The van der Waals surface area contributed by atoms with E-state index in [1.807, 2.05) is 23.8 Å². The molecule has 1 amide bonds. The Morgan fingerprint density at radius 1 is 1.50 bits per heavy atom. The van der Waals surface area contributed by atoms with Gasteiger partial charge in [0.05, 0.1) is 5.92 Å². The minimum atomic E-state index is -0.964. The Labute approximate surface area is 111 Å². The molecule has 2 N–H and O–H groups in total. The van der Waals surface area contributed by atoms with Gasteiger partial charge in [0.2, 0.25) is 5.91 Å². The minimum Gasteiger partial charge on any atom is -0.480 e. The van der Waals surface area contributed by atoms with Gasteiger partial charge in [-0.25, -0.2) is 4.79 Å². The molecule has 0 saturated heterocycles. The molecule has 0 aliphatic carbocycles. The van der Waals surface area contributed by atoms with Gasteiger partial charge in [-0.15, -0.1) is 0 Å². The fourth-order valence-electron chi connectivity index (χ4n) is 1.64. The molecule has 0 fully saturated rings. The van der Waals surface area contributed by atoms with Crippen LogP contribution in [-0.2, 0) is 9.59 Å². The zero-order chi connectivity index (χ0) is 13.5. The number of aliphatic carboxylic acids is 1. The van der Waals surface area contributed by atoms with Gasteiger partial charge in [0.25, 0.3) is 0 Å². The number of rotatable bonds is 7. The summed E-state index contributed by atoms with van der Waals surface area (Å²) in [5.41, 5.74) is 0.928. The first kappa shape index (κ1) is 14.7. The molecule has 0 aliphatic heterocycles. The molecule has 18 heavy (non-hydrogen) atoms. The molecule has 100 valence electrons. The number of carboxylic acids is 1. The maximum Gasteiger partial charge on any atom is 0.326 e. The molecule has 0 bridgehead atoms. The molecule has 0 aliphatic rings. The molecule has 1 heterocycles. The standard InChI is InChI=1S/C13H19NO3S/c1-3-4-5-11(13(16)17)14-12(15)9(2)10-6-7-18-8-10/h6-9,11H,3-5H2,1-2H3,(H,14,15)(H,16,17). The quantitative estimate of drug-likeness (QED) is 0.799. The molecule has 2 unspecified atom stereocenters. The van der Waals surface area contributed by atoms with Crippen LogP contribution >= 0.6 is 11.3 Å². The Bertz CT molecular complexity index is 389. The van der Waals surface area contributed by atoms with Crippen LogP contribution in [0.25, 0.3) is 0 Å². The third kappa shape index (κ3) is 4.14. The second kappa shape index (κ2) is 7.16. The number of nitrogens with one attached hydrogen (secondary N) is 1. The van der Waals surface area contributed by atoms with E-state index in [9.17, 15) is 9.59 Å². The minimum absolute atomic E-state index is 0.225. The smallest absolute Gasteiger partial charge is 0.326 e. The van der Waals surface area contributed by atoms with Gasteiger partial charge >= 0.3 is 5.97 Å². The average Bonchev–Trinajstić information content (AvgIpc) is 2.86. The van der Waals surface area contributed by atoms with Gasteiger partial charge in [-0.05, 0) is 35.7 Å². The molecule has 4 nitrogen and oxygen atoms in total. The molecule has 1 rings (SSSR count). The van der Waals surface area contributed by atoms with Crippen LogP contribution in [0.2, 0.25) is 0 Å². The number of unbranched alkanes of at least 4 members (excludes halogenated alkanes) is 1. The van der Waals surface area contributed by atoms with Gasteiger partial charge in [-0.3, -0.25) is 4.79 Å². The summed E-state index contributed by atoms with van der Waals surface area (Å²) in [6.07, 6.45) is 2.19. The normalized spacial score (nSPS) is 13.9. The number of thiophene rings is 1. The SMILES string of the molecule is CCCCC(NC(=O)C(C)c1ccsc1)C(=O)O. The van der Waals surface area contributed by atoms with Crippen LogP contribution in [0.1, 0.15) is 44.6 Å². The maximum atomic E-state index is 11.9. The van der Waals surface area contributed by atoms with Crippen molar-refractivity contribution in [2.45, 2.75) is 45.1 Å². The van der Waals surface area contributed by atoms with Crippen LogP contribution < -0.4 is 5.32 Å². The fraction of sp³-hybridized carbons (Fsp3) is 0.538. The fourth-order valence-corrected chi connectivity index (χ4v) is 2.39. The lowest BCUT2D eigenvalue weighted by atomic mass is 10.0. The van der Waals surface area contributed by atoms with E-state index in [2.05, 4.69) is 5.32 Å². The van der Waals surface area contributed by atoms with E-state index < -0.39 is 12.0 Å². The Kier molecular flexibility index (Phi) is 5.85. The highest BCUT2D eigenvalue weighted by Gasteiger charge is 2.23. The Hall–Kier alpha value is -1.36. The largest absolute Gasteiger partial charge is 0.480 e. The predicted octanol–water partition coefficient (Wildman–Crippen LogP) is 2.61. The Balaban J connectivity index is 2.58. The van der Waals surface area contributed by atoms with E-state index in [-0.39, 0.29) is 11.8 Å². The first-order valence-corrected chi connectivity index (χ1v) is 7.05. The van der Waals surface area contributed by atoms with Crippen molar-refractivity contribution in [3.05, 3.63) is 22.4 Å². The Morgan fingerprint density at radius 2 is 2.22 bits per heavy atom. The molecule has 1 aromatic rings. The van der Waals surface area contributed by atoms with E-state index in [0.717, 1.165) is 18.4 Å². The molecular weight excluding hydrogens is 250 g/mol. The summed E-state index contributed by atoms with van der Waals surface area (Å²) < 4.78 is 0. The molecule has 1 aromatic heterocycles. The summed E-state index contributed by atoms with van der Waals surface area (Å²) in [7, 11) is 0. The maximum absolute atomic E-state index is 11.9. The van der Waals surface area contributed by atoms with Crippen LogP contribution in [0.4, 0.5) is 0 Å². The predicted molar refractivity (Wildman–Crippen MR) is 71.8 cm³/mol. The summed E-state index contributed by atoms with van der Waals surface area (Å²) in [4.78, 5) is 23.0. The van der Waals surface area contributed by atoms with E-state index in [1.165, 1.54) is 11.3 Å². The lowest BCUT2D eigenvalue weighted by molar-refractivity contribution is -0.142. The highest BCUT2D eigenvalue weighted by molar-refractivity contribution is 7.08. The summed E-state index contributed by atoms with van der Waals surface area (Å²) in [6, 6.07) is 1.11. The van der Waals surface area contributed by atoms with Crippen molar-refractivity contribution in [3.63, 3.8) is 0 Å². The molecule has 5 heteroatoms. The number of carbonyl (C=O) groups is 2. The summed E-state index contributed by atoms with van der Waals surface area (Å²) in [5, 5.41) is 15.5. The lowest BCUT2D eigenvalue weighted by Gasteiger charge is -2.17. The van der Waals surface area contributed by atoms with E-state index >= 15 is 0 Å². The van der Waals surface area contributed by atoms with Crippen LogP contribution in [0, 0.1) is 0 Å². The van der Waals surface area contributed by atoms with Gasteiger partial charge in [0.15, 0.2) is 0 Å². The van der Waals surface area contributed by atoms with Gasteiger partial charge in [-0.1, -0.05) is 19.8 Å². The molecular formula is C13H19NO3S. The third-order valence-electron chi connectivity index (χ3n) is 2.90. The van der Waals surface area contributed by atoms with Crippen molar-refractivity contribution < 1.29 is 14.7 Å². The van der Waals surface area contributed by atoms with E-state index in [1.54, 1.807) is 6.92 Å². The van der Waals surface area contributed by atoms with Crippen molar-refractivity contribution >= 4 is 23.2 Å². The van der Waals surface area contributed by atoms with E-state index in [4.69, 9.17) is 5.11 Å². The first-order valence-electron chi connectivity index (χ1n) is 6.11. The molecule has 2 atom stereocenters. The zero-order valence-corrected chi connectivity index (χ0v) is 11.5. The molecule has 0 spiro atoms. The number of carbonyl (C=O) groups excluding carboxylic acids is 1. The summed E-state index contributed by atoms with van der Waals surface area (Å²) >= 11 is 1.53. The second-order valence-electron chi connectivity index (χ2n) is 4.32. The van der Waals surface area contributed by atoms with Gasteiger partial charge in [-0.2, -0.15) is 11.3 Å². The topological polar surface area (TPSA) is 66.4 Å². The number of carboxylic acid groups (broad SMARTS) is 1. The van der Waals surface area contributed by atoms with Crippen LogP contribution in [0.15, 0.2) is 16.8 Å². The van der Waals surface area contributed by atoms with Crippen molar-refractivity contribution in [2.75, 3.05) is 0 Å². The summed E-state index contributed by atoms with van der Waals surface area (Å²) in [5.74, 6) is -1.49. The van der Waals surface area contributed by atoms with Crippen LogP contribution in [-0.4, -0.2) is 23.0 Å². The van der Waals surface area contributed by atoms with E-state index in [0.29, 0.717) is 6.42 Å². The second-order valence-corrected chi connectivity index (χ2v) is 5.10. The lowest BCUT2D eigenvalue weighted by Crippen LogP contribution is -2.42. The monoisotopic (exact) mass is 269 g/mol. The van der Waals surface area contributed by atoms with Crippen LogP contribution in [0.3, 0.4) is 0 Å². The van der Waals surface area contributed by atoms with Crippen molar-refractivity contribution in [2.24, 2.45) is 0 Å². The molecule has 0 radical (unpaired) electrons. The first-order chi connectivity index (χ1) is 8.56. The average molecular weight is 269 g/mol.